The smallest absolute Gasteiger partial charge is 0.260 e. The van der Waals surface area contributed by atoms with E-state index in [0.717, 1.165) is 10.9 Å². The minimum atomic E-state index is -0.517. The summed E-state index contributed by atoms with van der Waals surface area (Å²) in [6, 6.07) is 12.4. The fraction of sp³-hybridized carbons (Fsp3) is 0.143. The van der Waals surface area contributed by atoms with E-state index in [9.17, 15) is 9.18 Å². The first-order chi connectivity index (χ1) is 13.1. The number of pyridine rings is 2. The molecule has 5 nitrogen and oxygen atoms in total. The highest BCUT2D eigenvalue weighted by molar-refractivity contribution is 5.81. The molecule has 0 fully saturated rings. The molecule has 0 spiro atoms. The van der Waals surface area contributed by atoms with E-state index >= 15 is 0 Å². The van der Waals surface area contributed by atoms with Gasteiger partial charge in [0, 0.05) is 35.5 Å². The van der Waals surface area contributed by atoms with E-state index in [1.54, 1.807) is 42.0 Å². The van der Waals surface area contributed by atoms with Crippen LogP contribution in [-0.4, -0.2) is 19.5 Å². The number of hydrogen-bond acceptors (Lipinski definition) is 4. The summed E-state index contributed by atoms with van der Waals surface area (Å²) in [6.45, 7) is 4.23. The number of benzene rings is 1. The molecule has 0 N–H and O–H groups in total. The maximum absolute atomic E-state index is 13.9. The molecule has 0 aliphatic heterocycles. The number of fused-ring (bicyclic) bond motifs is 1. The molecule has 0 bridgehead atoms. The fourth-order valence-electron chi connectivity index (χ4n) is 3.18. The van der Waals surface area contributed by atoms with Gasteiger partial charge in [0.15, 0.2) is 0 Å². The molecule has 0 saturated heterocycles. The van der Waals surface area contributed by atoms with E-state index in [4.69, 9.17) is 0 Å². The first-order valence-corrected chi connectivity index (χ1v) is 8.67. The lowest BCUT2D eigenvalue weighted by Crippen LogP contribution is -2.22. The van der Waals surface area contributed by atoms with E-state index in [-0.39, 0.29) is 5.56 Å². The van der Waals surface area contributed by atoms with Gasteiger partial charge >= 0.3 is 0 Å². The minimum Gasteiger partial charge on any atom is -0.292 e. The van der Waals surface area contributed by atoms with Crippen LogP contribution in [0, 0.1) is 12.9 Å². The normalized spacial score (nSPS) is 11.1. The number of halogens is 1. The van der Waals surface area contributed by atoms with Gasteiger partial charge in [0.25, 0.3) is 5.56 Å². The molecule has 0 saturated carbocycles. The summed E-state index contributed by atoms with van der Waals surface area (Å²) < 4.78 is 15.5. The molecular weight excluding hydrogens is 343 g/mol. The maximum atomic E-state index is 13.9. The summed E-state index contributed by atoms with van der Waals surface area (Å²) in [5, 5.41) is 0.805. The van der Waals surface area contributed by atoms with Crippen molar-refractivity contribution in [1.29, 1.82) is 0 Å². The summed E-state index contributed by atoms with van der Waals surface area (Å²) in [6.07, 6.45) is 3.14. The zero-order chi connectivity index (χ0) is 19.0. The van der Waals surface area contributed by atoms with Crippen molar-refractivity contribution in [3.8, 4) is 22.3 Å². The highest BCUT2D eigenvalue weighted by Crippen LogP contribution is 2.25. The van der Waals surface area contributed by atoms with Crippen molar-refractivity contribution in [2.24, 2.45) is 0 Å². The largest absolute Gasteiger partial charge is 0.292 e. The highest BCUT2D eigenvalue weighted by Gasteiger charge is 2.12. The number of nitrogens with zero attached hydrogens (tertiary/aromatic N) is 4. The second kappa shape index (κ2) is 6.72. The van der Waals surface area contributed by atoms with Gasteiger partial charge in [-0.3, -0.25) is 9.36 Å². The Morgan fingerprint density at radius 2 is 1.74 bits per heavy atom. The molecule has 6 heteroatoms. The average Bonchev–Trinajstić information content (AvgIpc) is 2.68. The molecule has 3 aromatic heterocycles. The second-order valence-corrected chi connectivity index (χ2v) is 6.22. The number of aryl methyl sites for hydroxylation is 2. The fourth-order valence-corrected chi connectivity index (χ4v) is 3.18. The summed E-state index contributed by atoms with van der Waals surface area (Å²) in [4.78, 5) is 25.3. The van der Waals surface area contributed by atoms with Gasteiger partial charge in [-0.2, -0.15) is 4.39 Å². The van der Waals surface area contributed by atoms with Gasteiger partial charge in [-0.25, -0.2) is 15.0 Å². The maximum Gasteiger partial charge on any atom is 0.260 e. The van der Waals surface area contributed by atoms with E-state index in [1.807, 2.05) is 25.1 Å². The molecule has 0 atom stereocenters. The van der Waals surface area contributed by atoms with Crippen LogP contribution in [0.1, 0.15) is 12.7 Å². The van der Waals surface area contributed by atoms with Gasteiger partial charge in [-0.1, -0.05) is 24.3 Å². The number of rotatable bonds is 3. The Kier molecular flexibility index (Phi) is 4.24. The van der Waals surface area contributed by atoms with Crippen molar-refractivity contribution in [2.75, 3.05) is 0 Å². The lowest BCUT2D eigenvalue weighted by Gasteiger charge is -2.11. The van der Waals surface area contributed by atoms with Crippen LogP contribution in [0.3, 0.4) is 0 Å². The molecule has 0 amide bonds. The summed E-state index contributed by atoms with van der Waals surface area (Å²) in [7, 11) is 0. The molecule has 0 aliphatic rings. The molecule has 4 aromatic rings. The van der Waals surface area contributed by atoms with Crippen LogP contribution in [0.25, 0.3) is 33.3 Å². The van der Waals surface area contributed by atoms with Crippen LogP contribution in [0.2, 0.25) is 0 Å². The molecule has 27 heavy (non-hydrogen) atoms. The molecule has 134 valence electrons. The first-order valence-electron chi connectivity index (χ1n) is 8.67. The first kappa shape index (κ1) is 17.0. The molecule has 0 unspecified atom stereocenters. The van der Waals surface area contributed by atoms with Crippen molar-refractivity contribution in [2.45, 2.75) is 20.4 Å². The Balaban J connectivity index is 1.85. The third kappa shape index (κ3) is 2.99. The van der Waals surface area contributed by atoms with Gasteiger partial charge in [0.05, 0.1) is 0 Å². The lowest BCUT2D eigenvalue weighted by atomic mass is 10.0. The monoisotopic (exact) mass is 360 g/mol. The molecule has 3 heterocycles. The summed E-state index contributed by atoms with van der Waals surface area (Å²) >= 11 is 0. The zero-order valence-electron chi connectivity index (χ0n) is 15.0. The highest BCUT2D eigenvalue weighted by atomic mass is 19.1. The van der Waals surface area contributed by atoms with Crippen LogP contribution < -0.4 is 5.56 Å². The Labute approximate surface area is 155 Å². The van der Waals surface area contributed by atoms with E-state index in [0.29, 0.717) is 34.7 Å². The van der Waals surface area contributed by atoms with Gasteiger partial charge in [0.2, 0.25) is 5.95 Å². The second-order valence-electron chi connectivity index (χ2n) is 6.22. The van der Waals surface area contributed by atoms with E-state index in [1.165, 1.54) is 6.20 Å². The Morgan fingerprint density at radius 3 is 2.41 bits per heavy atom. The lowest BCUT2D eigenvalue weighted by molar-refractivity contribution is 0.587. The molecule has 0 radical (unpaired) electrons. The van der Waals surface area contributed by atoms with Crippen molar-refractivity contribution in [3.63, 3.8) is 0 Å². The molecule has 4 rings (SSSR count). The van der Waals surface area contributed by atoms with Crippen LogP contribution in [0.4, 0.5) is 4.39 Å². The average molecular weight is 360 g/mol. The standard InChI is InChI=1S/C21H17FN4O/c1-3-26-20-16(12-24-13(2)25-20)11-18(21(26)27)15-8-6-14(7-9-15)17-5-4-10-23-19(17)22/h4-12H,3H2,1-2H3. The minimum absolute atomic E-state index is 0.108. The number of hydrogen-bond donors (Lipinski definition) is 0. The van der Waals surface area contributed by atoms with Crippen LogP contribution in [-0.2, 0) is 6.54 Å². The SMILES string of the molecule is CCn1c(=O)c(-c2ccc(-c3cccnc3F)cc2)cc2cnc(C)nc21. The summed E-state index contributed by atoms with van der Waals surface area (Å²) in [5.41, 5.74) is 2.99. The predicted octanol–water partition coefficient (Wildman–Crippen LogP) is 3.99. The Bertz CT molecular complexity index is 1200. The van der Waals surface area contributed by atoms with Gasteiger partial charge < -0.3 is 0 Å². The summed E-state index contributed by atoms with van der Waals surface area (Å²) in [5.74, 6) is 0.108. The van der Waals surface area contributed by atoms with Gasteiger partial charge in [-0.05, 0) is 43.2 Å². The zero-order valence-corrected chi connectivity index (χ0v) is 15.0. The third-order valence-electron chi connectivity index (χ3n) is 4.53. The quantitative estimate of drug-likeness (QED) is 0.518. The van der Waals surface area contributed by atoms with Crippen LogP contribution in [0.5, 0.6) is 0 Å². The molecular formula is C21H17FN4O. The Hall–Kier alpha value is -3.41. The van der Waals surface area contributed by atoms with E-state index < -0.39 is 5.95 Å². The predicted molar refractivity (Wildman–Crippen MR) is 103 cm³/mol. The van der Waals surface area contributed by atoms with Gasteiger partial charge in [-0.15, -0.1) is 0 Å². The van der Waals surface area contributed by atoms with Crippen molar-refractivity contribution in [3.05, 3.63) is 77.0 Å². The number of aromatic nitrogens is 4. The van der Waals surface area contributed by atoms with Crippen LogP contribution >= 0.6 is 0 Å². The molecule has 1 aromatic carbocycles. The van der Waals surface area contributed by atoms with Crippen molar-refractivity contribution < 1.29 is 4.39 Å². The molecule has 0 aliphatic carbocycles. The third-order valence-corrected chi connectivity index (χ3v) is 4.53. The van der Waals surface area contributed by atoms with Crippen LogP contribution in [0.15, 0.2) is 59.7 Å². The Morgan fingerprint density at radius 1 is 1.04 bits per heavy atom. The van der Waals surface area contributed by atoms with Crippen molar-refractivity contribution >= 4 is 11.0 Å². The van der Waals surface area contributed by atoms with Crippen molar-refractivity contribution in [1.82, 2.24) is 19.5 Å². The van der Waals surface area contributed by atoms with E-state index in [2.05, 4.69) is 15.0 Å². The topological polar surface area (TPSA) is 60.7 Å². The van der Waals surface area contributed by atoms with Gasteiger partial charge in [0.1, 0.15) is 11.5 Å².